The standard InChI is InChI=1S/C13H17N5/c1-10-7-15-18(8-10)12-4-6-17(9-12)13-14-5-3-11(2)16-13/h3,5,7-8,12H,4,6,9H2,1-2H3. The minimum atomic E-state index is 0.433. The van der Waals surface area contributed by atoms with Crippen LogP contribution in [0.1, 0.15) is 23.7 Å². The number of hydrogen-bond donors (Lipinski definition) is 0. The molecule has 0 aromatic carbocycles. The second-order valence-electron chi connectivity index (χ2n) is 4.88. The van der Waals surface area contributed by atoms with E-state index < -0.39 is 0 Å². The van der Waals surface area contributed by atoms with Crippen molar-refractivity contribution in [2.45, 2.75) is 26.3 Å². The van der Waals surface area contributed by atoms with Crippen LogP contribution in [0.25, 0.3) is 0 Å². The largest absolute Gasteiger partial charge is 0.339 e. The lowest BCUT2D eigenvalue weighted by Gasteiger charge is -2.16. The second kappa shape index (κ2) is 4.40. The average molecular weight is 243 g/mol. The van der Waals surface area contributed by atoms with Crippen LogP contribution in [0, 0.1) is 13.8 Å². The van der Waals surface area contributed by atoms with Crippen molar-refractivity contribution in [3.05, 3.63) is 35.9 Å². The molecule has 94 valence electrons. The van der Waals surface area contributed by atoms with Gasteiger partial charge in [-0.05, 0) is 31.9 Å². The van der Waals surface area contributed by atoms with Crippen molar-refractivity contribution in [1.82, 2.24) is 19.7 Å². The molecule has 0 N–H and O–H groups in total. The third-order valence-electron chi connectivity index (χ3n) is 3.33. The van der Waals surface area contributed by atoms with Crippen LogP contribution >= 0.6 is 0 Å². The summed E-state index contributed by atoms with van der Waals surface area (Å²) < 4.78 is 2.06. The molecule has 2 aromatic heterocycles. The molecule has 1 aliphatic rings. The lowest BCUT2D eigenvalue weighted by Crippen LogP contribution is -2.23. The molecule has 1 unspecified atom stereocenters. The van der Waals surface area contributed by atoms with Gasteiger partial charge in [-0.3, -0.25) is 4.68 Å². The predicted octanol–water partition coefficient (Wildman–Crippen LogP) is 1.74. The Bertz CT molecular complexity index is 548. The zero-order valence-corrected chi connectivity index (χ0v) is 10.7. The molecular weight excluding hydrogens is 226 g/mol. The highest BCUT2D eigenvalue weighted by Crippen LogP contribution is 2.24. The van der Waals surface area contributed by atoms with Crippen LogP contribution in [-0.2, 0) is 0 Å². The van der Waals surface area contributed by atoms with Crippen molar-refractivity contribution in [3.63, 3.8) is 0 Å². The Morgan fingerprint density at radius 2 is 2.22 bits per heavy atom. The first kappa shape index (κ1) is 11.2. The first-order chi connectivity index (χ1) is 8.72. The van der Waals surface area contributed by atoms with Gasteiger partial charge in [-0.2, -0.15) is 5.10 Å². The van der Waals surface area contributed by atoms with Gasteiger partial charge in [-0.1, -0.05) is 0 Å². The number of anilines is 1. The highest BCUT2D eigenvalue weighted by molar-refractivity contribution is 5.32. The minimum absolute atomic E-state index is 0.433. The number of rotatable bonds is 2. The van der Waals surface area contributed by atoms with Crippen LogP contribution in [-0.4, -0.2) is 32.8 Å². The molecule has 0 spiro atoms. The fraction of sp³-hybridized carbons (Fsp3) is 0.462. The van der Waals surface area contributed by atoms with Gasteiger partial charge in [-0.25, -0.2) is 9.97 Å². The van der Waals surface area contributed by atoms with Crippen molar-refractivity contribution < 1.29 is 0 Å². The lowest BCUT2D eigenvalue weighted by atomic mass is 10.3. The minimum Gasteiger partial charge on any atom is -0.339 e. The van der Waals surface area contributed by atoms with Gasteiger partial charge in [0.2, 0.25) is 5.95 Å². The van der Waals surface area contributed by atoms with E-state index in [1.165, 1.54) is 5.56 Å². The fourth-order valence-electron chi connectivity index (χ4n) is 2.36. The molecule has 0 radical (unpaired) electrons. The zero-order chi connectivity index (χ0) is 12.5. The molecule has 1 atom stereocenters. The predicted molar refractivity (Wildman–Crippen MR) is 69.6 cm³/mol. The number of nitrogens with zero attached hydrogens (tertiary/aromatic N) is 5. The van der Waals surface area contributed by atoms with Gasteiger partial charge in [0.25, 0.3) is 0 Å². The number of aryl methyl sites for hydroxylation is 2. The van der Waals surface area contributed by atoms with E-state index in [-0.39, 0.29) is 0 Å². The summed E-state index contributed by atoms with van der Waals surface area (Å²) in [6.45, 7) is 5.99. The Hall–Kier alpha value is -1.91. The molecule has 3 rings (SSSR count). The Kier molecular flexibility index (Phi) is 2.74. The summed E-state index contributed by atoms with van der Waals surface area (Å²) in [6.07, 6.45) is 6.93. The van der Waals surface area contributed by atoms with E-state index in [2.05, 4.69) is 37.8 Å². The maximum Gasteiger partial charge on any atom is 0.225 e. The molecule has 18 heavy (non-hydrogen) atoms. The van der Waals surface area contributed by atoms with E-state index in [1.54, 1.807) is 0 Å². The van der Waals surface area contributed by atoms with Gasteiger partial charge in [0.15, 0.2) is 0 Å². The van der Waals surface area contributed by atoms with E-state index in [0.29, 0.717) is 6.04 Å². The van der Waals surface area contributed by atoms with Gasteiger partial charge in [-0.15, -0.1) is 0 Å². The molecule has 5 heteroatoms. The maximum absolute atomic E-state index is 4.47. The summed E-state index contributed by atoms with van der Waals surface area (Å²) in [5, 5.41) is 4.39. The third kappa shape index (κ3) is 2.08. The van der Waals surface area contributed by atoms with Crippen LogP contribution in [0.5, 0.6) is 0 Å². The van der Waals surface area contributed by atoms with Crippen LogP contribution in [0.3, 0.4) is 0 Å². The average Bonchev–Trinajstić information content (AvgIpc) is 2.97. The summed E-state index contributed by atoms with van der Waals surface area (Å²) in [5.41, 5.74) is 2.22. The molecule has 1 saturated heterocycles. The van der Waals surface area contributed by atoms with Gasteiger partial charge in [0.05, 0.1) is 12.2 Å². The third-order valence-corrected chi connectivity index (χ3v) is 3.33. The van der Waals surface area contributed by atoms with Crippen molar-refractivity contribution >= 4 is 5.95 Å². The Labute approximate surface area is 106 Å². The first-order valence-corrected chi connectivity index (χ1v) is 6.28. The molecule has 1 aliphatic heterocycles. The van der Waals surface area contributed by atoms with Gasteiger partial charge >= 0.3 is 0 Å². The van der Waals surface area contributed by atoms with Crippen molar-refractivity contribution in [3.8, 4) is 0 Å². The van der Waals surface area contributed by atoms with Crippen molar-refractivity contribution in [2.24, 2.45) is 0 Å². The highest BCUT2D eigenvalue weighted by Gasteiger charge is 2.25. The Balaban J connectivity index is 1.75. The number of hydrogen-bond acceptors (Lipinski definition) is 4. The van der Waals surface area contributed by atoms with E-state index in [9.17, 15) is 0 Å². The molecule has 5 nitrogen and oxygen atoms in total. The van der Waals surface area contributed by atoms with Crippen LogP contribution in [0.15, 0.2) is 24.7 Å². The summed E-state index contributed by atoms with van der Waals surface area (Å²) in [7, 11) is 0. The van der Waals surface area contributed by atoms with Crippen LogP contribution in [0.4, 0.5) is 5.95 Å². The van der Waals surface area contributed by atoms with Crippen molar-refractivity contribution in [1.29, 1.82) is 0 Å². The first-order valence-electron chi connectivity index (χ1n) is 6.28. The smallest absolute Gasteiger partial charge is 0.225 e. The van der Waals surface area contributed by atoms with Crippen LogP contribution < -0.4 is 4.90 Å². The van der Waals surface area contributed by atoms with Gasteiger partial charge < -0.3 is 4.90 Å². The summed E-state index contributed by atoms with van der Waals surface area (Å²) in [4.78, 5) is 11.0. The van der Waals surface area contributed by atoms with E-state index >= 15 is 0 Å². The zero-order valence-electron chi connectivity index (χ0n) is 10.7. The molecule has 0 aliphatic carbocycles. The Morgan fingerprint density at radius 3 is 2.94 bits per heavy atom. The monoisotopic (exact) mass is 243 g/mol. The second-order valence-corrected chi connectivity index (χ2v) is 4.88. The summed E-state index contributed by atoms with van der Waals surface area (Å²) in [5.74, 6) is 0.835. The summed E-state index contributed by atoms with van der Waals surface area (Å²) in [6, 6.07) is 2.36. The number of aromatic nitrogens is 4. The lowest BCUT2D eigenvalue weighted by molar-refractivity contribution is 0.494. The highest BCUT2D eigenvalue weighted by atomic mass is 15.3. The molecule has 2 aromatic rings. The van der Waals surface area contributed by atoms with E-state index in [4.69, 9.17) is 0 Å². The molecule has 3 heterocycles. The quantitative estimate of drug-likeness (QED) is 0.806. The van der Waals surface area contributed by atoms with Gasteiger partial charge in [0, 0.05) is 31.2 Å². The Morgan fingerprint density at radius 1 is 1.33 bits per heavy atom. The molecular formula is C13H17N5. The van der Waals surface area contributed by atoms with Crippen LogP contribution in [0.2, 0.25) is 0 Å². The normalized spacial score (nSPS) is 19.4. The molecule has 0 saturated carbocycles. The maximum atomic E-state index is 4.47. The molecule has 0 bridgehead atoms. The van der Waals surface area contributed by atoms with Gasteiger partial charge in [0.1, 0.15) is 0 Å². The van der Waals surface area contributed by atoms with Crippen molar-refractivity contribution in [2.75, 3.05) is 18.0 Å². The molecule has 1 fully saturated rings. The topological polar surface area (TPSA) is 46.8 Å². The van der Waals surface area contributed by atoms with E-state index in [1.807, 2.05) is 25.4 Å². The van der Waals surface area contributed by atoms with E-state index in [0.717, 1.165) is 31.2 Å². The SMILES string of the molecule is Cc1cnn(C2CCN(c3nccc(C)n3)C2)c1. The molecule has 0 amide bonds. The summed E-state index contributed by atoms with van der Waals surface area (Å²) >= 11 is 0. The fourth-order valence-corrected chi connectivity index (χ4v) is 2.36.